The van der Waals surface area contributed by atoms with Crippen LogP contribution < -0.4 is 21.3 Å². The van der Waals surface area contributed by atoms with E-state index in [1.54, 1.807) is 13.8 Å². The second kappa shape index (κ2) is 14.6. The summed E-state index contributed by atoms with van der Waals surface area (Å²) in [7, 11) is -2.85. The van der Waals surface area contributed by atoms with Gasteiger partial charge in [-0.1, -0.05) is 24.3 Å². The van der Waals surface area contributed by atoms with Gasteiger partial charge in [0.25, 0.3) is 21.5 Å². The molecule has 1 atom stereocenters. The first-order valence-corrected chi connectivity index (χ1v) is 17.2. The van der Waals surface area contributed by atoms with Crippen molar-refractivity contribution in [1.82, 2.24) is 14.5 Å². The summed E-state index contributed by atoms with van der Waals surface area (Å²) in [6.07, 6.45) is 2.91. The zero-order valence-corrected chi connectivity index (χ0v) is 28.1. The Bertz CT molecular complexity index is 2150. The highest BCUT2D eigenvalue weighted by molar-refractivity contribution is 7.92. The standard InChI is InChI=1S/C35H34F2N4O8S/c1-20(2)49-34(45)29(16-21-6-10-25(11-7-21)41-31(43)14-15-40(3)35(41)46)38-33(44)32-27(36)18-24(19-28(32)37)39-50(47,48)26-12-8-23(9-13-26)30(42)17-22-4-5-22/h6-15,18-20,22,29,39H,4-5,16-17H2,1-3H3,(H,38,44)/t29-/m0/s1. The van der Waals surface area contributed by atoms with Gasteiger partial charge in [0.1, 0.15) is 23.2 Å². The Kier molecular flexibility index (Phi) is 10.5. The van der Waals surface area contributed by atoms with Crippen LogP contribution in [-0.4, -0.2) is 47.4 Å². The average molecular weight is 709 g/mol. The largest absolute Gasteiger partial charge is 0.461 e. The second-order valence-electron chi connectivity index (χ2n) is 12.3. The Morgan fingerprint density at radius 2 is 1.56 bits per heavy atom. The van der Waals surface area contributed by atoms with Crippen LogP contribution in [0.15, 0.2) is 87.4 Å². The number of rotatable bonds is 13. The fourth-order valence-electron chi connectivity index (χ4n) is 5.14. The van der Waals surface area contributed by atoms with Gasteiger partial charge in [0, 0.05) is 37.7 Å². The van der Waals surface area contributed by atoms with E-state index in [1.165, 1.54) is 72.4 Å². The quantitative estimate of drug-likeness (QED) is 0.156. The molecule has 1 fully saturated rings. The zero-order chi connectivity index (χ0) is 36.3. The summed E-state index contributed by atoms with van der Waals surface area (Å²) in [6.45, 7) is 3.15. The van der Waals surface area contributed by atoms with Crippen molar-refractivity contribution >= 4 is 33.4 Å². The molecule has 0 radical (unpaired) electrons. The molecule has 1 aliphatic carbocycles. The number of carbonyl (C=O) groups is 3. The van der Waals surface area contributed by atoms with Gasteiger partial charge in [-0.05, 0) is 74.6 Å². The third-order valence-electron chi connectivity index (χ3n) is 7.91. The van der Waals surface area contributed by atoms with E-state index in [0.717, 1.165) is 17.4 Å². The molecule has 1 saturated carbocycles. The summed E-state index contributed by atoms with van der Waals surface area (Å²) in [5.74, 6) is -4.76. The summed E-state index contributed by atoms with van der Waals surface area (Å²) in [6, 6.07) is 12.2. The Morgan fingerprint density at radius 3 is 2.14 bits per heavy atom. The minimum absolute atomic E-state index is 0.102. The van der Waals surface area contributed by atoms with Gasteiger partial charge < -0.3 is 14.6 Å². The number of ketones is 1. The number of aromatic nitrogens is 2. The number of sulfonamides is 1. The lowest BCUT2D eigenvalue weighted by Gasteiger charge is -2.20. The third-order valence-corrected chi connectivity index (χ3v) is 9.31. The first kappa shape index (κ1) is 35.9. The maximum Gasteiger partial charge on any atom is 0.335 e. The van der Waals surface area contributed by atoms with Crippen molar-refractivity contribution in [2.24, 2.45) is 13.0 Å². The Balaban J connectivity index is 1.32. The summed E-state index contributed by atoms with van der Waals surface area (Å²) in [5.41, 5.74) is -1.65. The molecule has 0 unspecified atom stereocenters. The van der Waals surface area contributed by atoms with E-state index in [9.17, 15) is 32.4 Å². The van der Waals surface area contributed by atoms with Crippen molar-refractivity contribution < 1.29 is 36.3 Å². The van der Waals surface area contributed by atoms with E-state index in [4.69, 9.17) is 4.74 Å². The van der Waals surface area contributed by atoms with Crippen LogP contribution in [0.5, 0.6) is 0 Å². The molecule has 2 N–H and O–H groups in total. The smallest absolute Gasteiger partial charge is 0.335 e. The minimum Gasteiger partial charge on any atom is -0.461 e. The van der Waals surface area contributed by atoms with Gasteiger partial charge in [0.15, 0.2) is 5.78 Å². The second-order valence-corrected chi connectivity index (χ2v) is 14.0. The van der Waals surface area contributed by atoms with E-state index in [2.05, 4.69) is 10.0 Å². The molecule has 1 heterocycles. The summed E-state index contributed by atoms with van der Waals surface area (Å²) in [4.78, 5) is 63.0. The van der Waals surface area contributed by atoms with Crippen molar-refractivity contribution in [3.05, 3.63) is 122 Å². The van der Waals surface area contributed by atoms with Gasteiger partial charge in [-0.2, -0.15) is 0 Å². The van der Waals surface area contributed by atoms with Crippen LogP contribution in [0.3, 0.4) is 0 Å². The molecule has 1 amide bonds. The molecule has 15 heteroatoms. The molecule has 12 nitrogen and oxygen atoms in total. The van der Waals surface area contributed by atoms with E-state index >= 15 is 8.78 Å². The predicted octanol–water partition coefficient (Wildman–Crippen LogP) is 3.89. The van der Waals surface area contributed by atoms with Gasteiger partial charge in [-0.15, -0.1) is 0 Å². The van der Waals surface area contributed by atoms with Crippen LogP contribution in [-0.2, 0) is 33.0 Å². The van der Waals surface area contributed by atoms with E-state index in [0.29, 0.717) is 35.6 Å². The lowest BCUT2D eigenvalue weighted by atomic mass is 10.0. The number of carbonyl (C=O) groups excluding carboxylic acids is 3. The van der Waals surface area contributed by atoms with Gasteiger partial charge in [-0.3, -0.25) is 19.1 Å². The number of Topliss-reactive ketones (excluding diaryl/α,β-unsaturated/α-hetero) is 1. The molecule has 1 aliphatic rings. The normalized spacial score (nSPS) is 13.5. The molecule has 4 aromatic rings. The summed E-state index contributed by atoms with van der Waals surface area (Å²) in [5, 5.41) is 2.30. The number of halogens is 2. The van der Waals surface area contributed by atoms with Crippen molar-refractivity contribution in [1.29, 1.82) is 0 Å². The van der Waals surface area contributed by atoms with E-state index in [-0.39, 0.29) is 22.8 Å². The maximum atomic E-state index is 15.2. The van der Waals surface area contributed by atoms with Crippen LogP contribution in [0.4, 0.5) is 14.5 Å². The number of hydrogen-bond acceptors (Lipinski definition) is 8. The van der Waals surface area contributed by atoms with Crippen molar-refractivity contribution in [3.8, 4) is 5.69 Å². The van der Waals surface area contributed by atoms with Gasteiger partial charge in [0.05, 0.1) is 22.4 Å². The molecule has 0 aliphatic heterocycles. The highest BCUT2D eigenvalue weighted by atomic mass is 32.2. The molecule has 1 aromatic heterocycles. The number of benzene rings is 3. The zero-order valence-electron chi connectivity index (χ0n) is 27.3. The lowest BCUT2D eigenvalue weighted by Crippen LogP contribution is -2.44. The van der Waals surface area contributed by atoms with Crippen LogP contribution in [0.25, 0.3) is 5.69 Å². The van der Waals surface area contributed by atoms with Gasteiger partial charge in [0.2, 0.25) is 0 Å². The SMILES string of the molecule is CC(C)OC(=O)[C@H](Cc1ccc(-n2c(=O)ccn(C)c2=O)cc1)NC(=O)c1c(F)cc(NS(=O)(=O)c2ccc(C(=O)CC3CC3)cc2)cc1F. The van der Waals surface area contributed by atoms with Crippen molar-refractivity contribution in [2.45, 2.75) is 56.6 Å². The highest BCUT2D eigenvalue weighted by Gasteiger charge is 2.29. The summed E-state index contributed by atoms with van der Waals surface area (Å²) >= 11 is 0. The number of amides is 1. The number of nitrogens with one attached hydrogen (secondary N) is 2. The van der Waals surface area contributed by atoms with Crippen molar-refractivity contribution in [3.63, 3.8) is 0 Å². The molecule has 0 spiro atoms. The van der Waals surface area contributed by atoms with E-state index in [1.807, 2.05) is 0 Å². The molecule has 262 valence electrons. The Hall–Kier alpha value is -5.44. The number of anilines is 1. The number of ether oxygens (including phenoxy) is 1. The highest BCUT2D eigenvalue weighted by Crippen LogP contribution is 2.33. The van der Waals surface area contributed by atoms with Gasteiger partial charge in [-0.25, -0.2) is 31.4 Å². The molecular weight excluding hydrogens is 674 g/mol. The van der Waals surface area contributed by atoms with E-state index < -0.39 is 68.2 Å². The fraction of sp³-hybridized carbons (Fsp3) is 0.286. The number of nitrogens with zero attached hydrogens (tertiary/aromatic N) is 2. The molecule has 3 aromatic carbocycles. The van der Waals surface area contributed by atoms with Gasteiger partial charge >= 0.3 is 11.7 Å². The Labute approximate surface area is 285 Å². The Morgan fingerprint density at radius 1 is 0.940 bits per heavy atom. The number of esters is 1. The minimum atomic E-state index is -4.33. The predicted molar refractivity (Wildman–Crippen MR) is 179 cm³/mol. The van der Waals surface area contributed by atoms with Crippen LogP contribution in [0.1, 0.15) is 59.4 Å². The monoisotopic (exact) mass is 708 g/mol. The summed E-state index contributed by atoms with van der Waals surface area (Å²) < 4.78 is 65.8. The molecule has 5 rings (SSSR count). The number of aryl methyl sites for hydroxylation is 1. The average Bonchev–Trinajstić information content (AvgIpc) is 3.86. The third kappa shape index (κ3) is 8.40. The molecule has 0 saturated heterocycles. The van der Waals surface area contributed by atoms with Crippen LogP contribution in [0, 0.1) is 17.6 Å². The molecular formula is C35H34F2N4O8S. The lowest BCUT2D eigenvalue weighted by molar-refractivity contribution is -0.149. The molecule has 50 heavy (non-hydrogen) atoms. The van der Waals surface area contributed by atoms with Crippen LogP contribution >= 0.6 is 0 Å². The molecule has 0 bridgehead atoms. The fourth-order valence-corrected chi connectivity index (χ4v) is 6.18. The van der Waals surface area contributed by atoms with Crippen LogP contribution in [0.2, 0.25) is 0 Å². The number of hydrogen-bond donors (Lipinski definition) is 2. The topological polar surface area (TPSA) is 163 Å². The first-order chi connectivity index (χ1) is 23.6. The maximum absolute atomic E-state index is 15.2. The first-order valence-electron chi connectivity index (χ1n) is 15.7. The van der Waals surface area contributed by atoms with Crippen molar-refractivity contribution in [2.75, 3.05) is 4.72 Å².